The van der Waals surface area contributed by atoms with Gasteiger partial charge < -0.3 is 14.8 Å². The van der Waals surface area contributed by atoms with E-state index < -0.39 is 11.6 Å². The highest BCUT2D eigenvalue weighted by Gasteiger charge is 2.32. The molecule has 0 spiro atoms. The zero-order valence-corrected chi connectivity index (χ0v) is 14.3. The van der Waals surface area contributed by atoms with Gasteiger partial charge in [-0.25, -0.2) is 4.79 Å². The number of rotatable bonds is 5. The van der Waals surface area contributed by atoms with Gasteiger partial charge in [-0.3, -0.25) is 4.79 Å². The monoisotopic (exact) mass is 327 g/mol. The summed E-state index contributed by atoms with van der Waals surface area (Å²) in [6.45, 7) is 8.35. The highest BCUT2D eigenvalue weighted by Crippen LogP contribution is 2.21. The van der Waals surface area contributed by atoms with Crippen molar-refractivity contribution in [3.8, 4) is 5.75 Å². The Bertz CT molecular complexity index is 532. The number of carbonyl (C=O) groups excluding carboxylic acids is 2. The van der Waals surface area contributed by atoms with E-state index in [1.54, 1.807) is 38.1 Å². The number of esters is 1. The molecule has 0 fully saturated rings. The molecule has 122 valence electrons. The van der Waals surface area contributed by atoms with Crippen molar-refractivity contribution in [1.29, 1.82) is 0 Å². The van der Waals surface area contributed by atoms with Gasteiger partial charge in [0, 0.05) is 10.6 Å². The average Bonchev–Trinajstić information content (AvgIpc) is 2.36. The molecule has 0 bridgehead atoms. The second kappa shape index (κ2) is 7.01. The van der Waals surface area contributed by atoms with Crippen LogP contribution in [0.5, 0.6) is 5.75 Å². The minimum absolute atomic E-state index is 0.344. The maximum absolute atomic E-state index is 12.1. The summed E-state index contributed by atoms with van der Waals surface area (Å²) < 4.78 is 10.6. The van der Waals surface area contributed by atoms with Crippen LogP contribution >= 0.6 is 11.6 Å². The third kappa shape index (κ3) is 6.35. The van der Waals surface area contributed by atoms with Crippen molar-refractivity contribution >= 4 is 23.5 Å². The second-order valence-corrected chi connectivity index (χ2v) is 6.88. The predicted octanol–water partition coefficient (Wildman–Crippen LogP) is 2.96. The molecule has 0 atom stereocenters. The minimum atomic E-state index is -1.21. The van der Waals surface area contributed by atoms with E-state index in [-0.39, 0.29) is 18.1 Å². The Hall–Kier alpha value is -1.75. The van der Waals surface area contributed by atoms with E-state index in [1.807, 2.05) is 20.8 Å². The zero-order valence-electron chi connectivity index (χ0n) is 13.5. The molecule has 0 aromatic heterocycles. The number of ether oxygens (including phenoxy) is 2. The van der Waals surface area contributed by atoms with Gasteiger partial charge in [0.05, 0.1) is 0 Å². The average molecular weight is 328 g/mol. The van der Waals surface area contributed by atoms with Crippen LogP contribution in [-0.2, 0) is 14.3 Å². The maximum Gasteiger partial charge on any atom is 0.350 e. The Morgan fingerprint density at radius 2 is 1.64 bits per heavy atom. The van der Waals surface area contributed by atoms with Gasteiger partial charge >= 0.3 is 5.97 Å². The van der Waals surface area contributed by atoms with Crippen molar-refractivity contribution in [3.05, 3.63) is 29.3 Å². The molecule has 0 heterocycles. The Balaban J connectivity index is 2.55. The molecule has 0 aliphatic carbocycles. The van der Waals surface area contributed by atoms with E-state index in [2.05, 4.69) is 5.32 Å². The SMILES string of the molecule is CC(C)(C)NC(=O)COC(=O)C(C)(C)Oc1ccc(Cl)cc1. The van der Waals surface area contributed by atoms with E-state index in [4.69, 9.17) is 21.1 Å². The fourth-order valence-electron chi connectivity index (χ4n) is 1.60. The summed E-state index contributed by atoms with van der Waals surface area (Å²) >= 11 is 5.79. The lowest BCUT2D eigenvalue weighted by molar-refractivity contribution is -0.162. The van der Waals surface area contributed by atoms with Gasteiger partial charge in [0.15, 0.2) is 12.2 Å². The Morgan fingerprint density at radius 1 is 1.09 bits per heavy atom. The van der Waals surface area contributed by atoms with E-state index in [9.17, 15) is 9.59 Å². The zero-order chi connectivity index (χ0) is 17.0. The molecule has 0 radical (unpaired) electrons. The molecule has 5 nitrogen and oxygen atoms in total. The summed E-state index contributed by atoms with van der Waals surface area (Å²) in [4.78, 5) is 23.7. The molecule has 1 N–H and O–H groups in total. The number of amides is 1. The molecule has 1 rings (SSSR count). The smallest absolute Gasteiger partial charge is 0.350 e. The van der Waals surface area contributed by atoms with E-state index in [0.29, 0.717) is 10.8 Å². The van der Waals surface area contributed by atoms with Crippen molar-refractivity contribution < 1.29 is 19.1 Å². The van der Waals surface area contributed by atoms with Crippen molar-refractivity contribution in [2.75, 3.05) is 6.61 Å². The largest absolute Gasteiger partial charge is 0.476 e. The summed E-state index contributed by atoms with van der Waals surface area (Å²) in [5.41, 5.74) is -1.59. The van der Waals surface area contributed by atoms with Crippen LogP contribution in [0.25, 0.3) is 0 Å². The minimum Gasteiger partial charge on any atom is -0.476 e. The van der Waals surface area contributed by atoms with Crippen LogP contribution in [0.4, 0.5) is 0 Å². The molecule has 1 aromatic rings. The third-order valence-corrected chi connectivity index (χ3v) is 2.78. The fourth-order valence-corrected chi connectivity index (χ4v) is 1.72. The lowest BCUT2D eigenvalue weighted by Gasteiger charge is -2.25. The lowest BCUT2D eigenvalue weighted by atomic mass is 10.1. The Kier molecular flexibility index (Phi) is 5.83. The quantitative estimate of drug-likeness (QED) is 0.844. The van der Waals surface area contributed by atoms with Crippen molar-refractivity contribution in [2.45, 2.75) is 45.8 Å². The standard InChI is InChI=1S/C16H22ClNO4/c1-15(2,3)18-13(19)10-21-14(20)16(4,5)22-12-8-6-11(17)7-9-12/h6-9H,10H2,1-5H3,(H,18,19). The van der Waals surface area contributed by atoms with Crippen LogP contribution in [-0.4, -0.2) is 29.6 Å². The first-order valence-electron chi connectivity index (χ1n) is 6.92. The Labute approximate surface area is 135 Å². The predicted molar refractivity (Wildman–Crippen MR) is 85.0 cm³/mol. The lowest BCUT2D eigenvalue weighted by Crippen LogP contribution is -2.45. The van der Waals surface area contributed by atoms with E-state index in [1.165, 1.54) is 0 Å². The Morgan fingerprint density at radius 3 is 2.14 bits per heavy atom. The maximum atomic E-state index is 12.1. The van der Waals surface area contributed by atoms with E-state index >= 15 is 0 Å². The number of halogens is 1. The van der Waals surface area contributed by atoms with Gasteiger partial charge in [0.25, 0.3) is 5.91 Å². The van der Waals surface area contributed by atoms with Gasteiger partial charge in [-0.2, -0.15) is 0 Å². The van der Waals surface area contributed by atoms with Gasteiger partial charge in [0.1, 0.15) is 5.75 Å². The van der Waals surface area contributed by atoms with Crippen LogP contribution in [0.2, 0.25) is 5.02 Å². The summed E-state index contributed by atoms with van der Waals surface area (Å²) in [6.07, 6.45) is 0. The molecule has 0 aliphatic heterocycles. The normalized spacial score (nSPS) is 11.7. The van der Waals surface area contributed by atoms with Gasteiger partial charge in [-0.15, -0.1) is 0 Å². The molecular weight excluding hydrogens is 306 g/mol. The highest BCUT2D eigenvalue weighted by atomic mass is 35.5. The molecule has 1 aromatic carbocycles. The van der Waals surface area contributed by atoms with Crippen LogP contribution in [0.1, 0.15) is 34.6 Å². The first kappa shape index (κ1) is 18.3. The molecular formula is C16H22ClNO4. The first-order valence-corrected chi connectivity index (χ1v) is 7.30. The number of carbonyl (C=O) groups is 2. The third-order valence-electron chi connectivity index (χ3n) is 2.53. The molecule has 0 unspecified atom stereocenters. The summed E-state index contributed by atoms with van der Waals surface area (Å²) in [6, 6.07) is 6.64. The molecule has 6 heteroatoms. The van der Waals surface area contributed by atoms with Crippen LogP contribution in [0.15, 0.2) is 24.3 Å². The van der Waals surface area contributed by atoms with Crippen molar-refractivity contribution in [1.82, 2.24) is 5.32 Å². The summed E-state index contributed by atoms with van der Waals surface area (Å²) in [5, 5.41) is 3.29. The summed E-state index contributed by atoms with van der Waals surface area (Å²) in [5.74, 6) is -0.486. The van der Waals surface area contributed by atoms with Gasteiger partial charge in [0.2, 0.25) is 0 Å². The summed E-state index contributed by atoms with van der Waals surface area (Å²) in [7, 11) is 0. The van der Waals surface area contributed by atoms with Crippen LogP contribution < -0.4 is 10.1 Å². The van der Waals surface area contributed by atoms with Crippen LogP contribution in [0, 0.1) is 0 Å². The van der Waals surface area contributed by atoms with Crippen molar-refractivity contribution in [2.24, 2.45) is 0 Å². The first-order chi connectivity index (χ1) is 9.99. The van der Waals surface area contributed by atoms with E-state index in [0.717, 1.165) is 0 Å². The number of hydrogen-bond donors (Lipinski definition) is 1. The number of benzene rings is 1. The highest BCUT2D eigenvalue weighted by molar-refractivity contribution is 6.30. The number of nitrogens with one attached hydrogen (secondary N) is 1. The van der Waals surface area contributed by atoms with Crippen molar-refractivity contribution in [3.63, 3.8) is 0 Å². The molecule has 0 saturated carbocycles. The number of hydrogen-bond acceptors (Lipinski definition) is 4. The fraction of sp³-hybridized carbons (Fsp3) is 0.500. The topological polar surface area (TPSA) is 64.6 Å². The molecule has 0 saturated heterocycles. The molecule has 22 heavy (non-hydrogen) atoms. The van der Waals surface area contributed by atoms with Gasteiger partial charge in [-0.1, -0.05) is 11.6 Å². The van der Waals surface area contributed by atoms with Gasteiger partial charge in [-0.05, 0) is 58.9 Å². The second-order valence-electron chi connectivity index (χ2n) is 6.44. The molecule has 0 aliphatic rings. The van der Waals surface area contributed by atoms with Crippen LogP contribution in [0.3, 0.4) is 0 Å². The molecule has 1 amide bonds.